The predicted molar refractivity (Wildman–Crippen MR) is 116 cm³/mol. The number of hydrogen-bond acceptors (Lipinski definition) is 6. The molecule has 0 atom stereocenters. The molecule has 0 N–H and O–H groups in total. The number of anilines is 1. The van der Waals surface area contributed by atoms with Gasteiger partial charge in [-0.15, -0.1) is 0 Å². The molecule has 2 heterocycles. The lowest BCUT2D eigenvalue weighted by Gasteiger charge is -2.36. The minimum absolute atomic E-state index is 0.0837. The van der Waals surface area contributed by atoms with Crippen molar-refractivity contribution in [2.75, 3.05) is 31.1 Å². The second kappa shape index (κ2) is 8.26. The summed E-state index contributed by atoms with van der Waals surface area (Å²) in [6.45, 7) is 2.93. The molecular formula is C20H17ClN4O3S. The number of aliphatic imine (C=N–C) groups is 1. The molecule has 4 rings (SSSR count). The van der Waals surface area contributed by atoms with Crippen LogP contribution in [-0.4, -0.2) is 47.1 Å². The first kappa shape index (κ1) is 19.5. The van der Waals surface area contributed by atoms with Crippen molar-refractivity contribution in [2.24, 2.45) is 4.99 Å². The van der Waals surface area contributed by atoms with E-state index in [0.717, 1.165) is 37.4 Å². The molecule has 0 bridgehead atoms. The summed E-state index contributed by atoms with van der Waals surface area (Å²) < 4.78 is 0. The number of nitrogens with zero attached hydrogens (tertiary/aromatic N) is 4. The summed E-state index contributed by atoms with van der Waals surface area (Å²) >= 11 is 7.55. The SMILES string of the molecule is O=C1N=C(N2CCN(c3ccc([N+](=O)[O-])cc3)CC2)S/C1=C\c1ccccc1Cl. The van der Waals surface area contributed by atoms with Crippen molar-refractivity contribution in [3.8, 4) is 0 Å². The number of piperazine rings is 1. The zero-order valence-electron chi connectivity index (χ0n) is 15.3. The second-order valence-corrected chi connectivity index (χ2v) is 8.00. The van der Waals surface area contributed by atoms with Gasteiger partial charge in [0.2, 0.25) is 0 Å². The molecule has 2 aliphatic heterocycles. The summed E-state index contributed by atoms with van der Waals surface area (Å²) in [6, 6.07) is 13.9. The molecular weight excluding hydrogens is 412 g/mol. The van der Waals surface area contributed by atoms with Gasteiger partial charge in [0.15, 0.2) is 5.17 Å². The average molecular weight is 429 g/mol. The van der Waals surface area contributed by atoms with Crippen LogP contribution in [0.5, 0.6) is 0 Å². The third kappa shape index (κ3) is 4.28. The normalized spacial score (nSPS) is 18.3. The molecule has 0 radical (unpaired) electrons. The highest BCUT2D eigenvalue weighted by Crippen LogP contribution is 2.32. The highest BCUT2D eigenvalue weighted by atomic mass is 35.5. The van der Waals surface area contributed by atoms with Crippen LogP contribution >= 0.6 is 23.4 Å². The fourth-order valence-electron chi connectivity index (χ4n) is 3.21. The topological polar surface area (TPSA) is 79.0 Å². The molecule has 2 aromatic carbocycles. The number of halogens is 1. The number of amidine groups is 1. The number of nitro benzene ring substituents is 1. The Hall–Kier alpha value is -2.84. The van der Waals surface area contributed by atoms with Crippen LogP contribution in [0, 0.1) is 10.1 Å². The van der Waals surface area contributed by atoms with Crippen molar-refractivity contribution in [3.05, 3.63) is 74.1 Å². The van der Waals surface area contributed by atoms with E-state index in [9.17, 15) is 14.9 Å². The Morgan fingerprint density at radius 1 is 1.03 bits per heavy atom. The molecule has 1 amide bonds. The number of hydrogen-bond donors (Lipinski definition) is 0. The van der Waals surface area contributed by atoms with E-state index >= 15 is 0 Å². The highest BCUT2D eigenvalue weighted by Gasteiger charge is 2.28. The van der Waals surface area contributed by atoms with Gasteiger partial charge in [-0.1, -0.05) is 29.8 Å². The summed E-state index contributed by atoms with van der Waals surface area (Å²) in [5.74, 6) is -0.247. The van der Waals surface area contributed by atoms with E-state index in [-0.39, 0.29) is 11.6 Å². The molecule has 0 spiro atoms. The Labute approximate surface area is 176 Å². The van der Waals surface area contributed by atoms with Crippen LogP contribution in [0.1, 0.15) is 5.56 Å². The number of carbonyl (C=O) groups excluding carboxylic acids is 1. The molecule has 0 aromatic heterocycles. The van der Waals surface area contributed by atoms with Gasteiger partial charge < -0.3 is 9.80 Å². The van der Waals surface area contributed by atoms with Gasteiger partial charge in [-0.05, 0) is 41.6 Å². The molecule has 1 fully saturated rings. The van der Waals surface area contributed by atoms with E-state index in [2.05, 4.69) is 14.8 Å². The van der Waals surface area contributed by atoms with Gasteiger partial charge >= 0.3 is 0 Å². The van der Waals surface area contributed by atoms with Crippen LogP contribution in [0.15, 0.2) is 58.4 Å². The Morgan fingerprint density at radius 2 is 1.69 bits per heavy atom. The zero-order chi connectivity index (χ0) is 20.4. The van der Waals surface area contributed by atoms with Crippen LogP contribution in [0.25, 0.3) is 6.08 Å². The number of carbonyl (C=O) groups is 1. The van der Waals surface area contributed by atoms with Crippen LogP contribution in [0.4, 0.5) is 11.4 Å². The minimum Gasteiger partial charge on any atom is -0.368 e. The smallest absolute Gasteiger partial charge is 0.286 e. The molecule has 29 heavy (non-hydrogen) atoms. The lowest BCUT2D eigenvalue weighted by Crippen LogP contribution is -2.47. The summed E-state index contributed by atoms with van der Waals surface area (Å²) in [5.41, 5.74) is 1.83. The van der Waals surface area contributed by atoms with Crippen LogP contribution < -0.4 is 4.90 Å². The summed E-state index contributed by atoms with van der Waals surface area (Å²) in [4.78, 5) is 31.7. The molecule has 0 unspecified atom stereocenters. The monoisotopic (exact) mass is 428 g/mol. The number of rotatable bonds is 3. The van der Waals surface area contributed by atoms with E-state index < -0.39 is 4.92 Å². The first-order valence-electron chi connectivity index (χ1n) is 9.03. The number of nitro groups is 1. The van der Waals surface area contributed by atoms with Crippen LogP contribution in [-0.2, 0) is 4.79 Å². The van der Waals surface area contributed by atoms with Gasteiger partial charge in [0.1, 0.15) is 0 Å². The van der Waals surface area contributed by atoms with Crippen molar-refractivity contribution < 1.29 is 9.72 Å². The Kier molecular flexibility index (Phi) is 5.55. The Balaban J connectivity index is 1.39. The maximum absolute atomic E-state index is 12.3. The quantitative estimate of drug-likeness (QED) is 0.417. The van der Waals surface area contributed by atoms with Crippen LogP contribution in [0.2, 0.25) is 5.02 Å². The zero-order valence-corrected chi connectivity index (χ0v) is 16.9. The first-order chi connectivity index (χ1) is 14.0. The molecule has 9 heteroatoms. The van der Waals surface area contributed by atoms with Gasteiger partial charge in [-0.3, -0.25) is 14.9 Å². The highest BCUT2D eigenvalue weighted by molar-refractivity contribution is 8.18. The summed E-state index contributed by atoms with van der Waals surface area (Å²) in [7, 11) is 0. The Bertz CT molecular complexity index is 1010. The van der Waals surface area contributed by atoms with Gasteiger partial charge in [0.05, 0.1) is 9.83 Å². The Morgan fingerprint density at radius 3 is 2.34 bits per heavy atom. The molecule has 148 valence electrons. The van der Waals surface area contributed by atoms with Crippen molar-refractivity contribution in [3.63, 3.8) is 0 Å². The predicted octanol–water partition coefficient (Wildman–Crippen LogP) is 4.04. The molecule has 0 saturated carbocycles. The molecule has 2 aliphatic rings. The molecule has 1 saturated heterocycles. The standard InChI is InChI=1S/C20H17ClN4O3S/c21-17-4-2-1-3-14(17)13-18-19(26)22-20(29-18)24-11-9-23(10-12-24)15-5-7-16(8-6-15)25(27)28/h1-8,13H,9-12H2/b18-13-. The van der Waals surface area contributed by atoms with Crippen molar-refractivity contribution in [1.82, 2.24) is 4.90 Å². The fraction of sp³-hybridized carbons (Fsp3) is 0.200. The number of amides is 1. The van der Waals surface area contributed by atoms with Crippen molar-refractivity contribution >= 4 is 51.9 Å². The number of benzene rings is 2. The van der Waals surface area contributed by atoms with E-state index in [1.165, 1.54) is 23.9 Å². The molecule has 7 nitrogen and oxygen atoms in total. The maximum Gasteiger partial charge on any atom is 0.286 e. The lowest BCUT2D eigenvalue weighted by molar-refractivity contribution is -0.384. The summed E-state index contributed by atoms with van der Waals surface area (Å²) in [5, 5.41) is 12.1. The third-order valence-electron chi connectivity index (χ3n) is 4.78. The summed E-state index contributed by atoms with van der Waals surface area (Å²) in [6.07, 6.45) is 1.78. The second-order valence-electron chi connectivity index (χ2n) is 6.58. The maximum atomic E-state index is 12.3. The molecule has 0 aliphatic carbocycles. The van der Waals surface area contributed by atoms with Gasteiger partial charge in [0, 0.05) is 49.0 Å². The fourth-order valence-corrected chi connectivity index (χ4v) is 4.35. The molecule has 2 aromatic rings. The lowest BCUT2D eigenvalue weighted by atomic mass is 10.2. The average Bonchev–Trinajstić information content (AvgIpc) is 3.10. The van der Waals surface area contributed by atoms with Gasteiger partial charge in [0.25, 0.3) is 11.6 Å². The van der Waals surface area contributed by atoms with E-state index in [1.807, 2.05) is 18.2 Å². The number of thioether (sulfide) groups is 1. The van der Waals surface area contributed by atoms with E-state index in [1.54, 1.807) is 24.3 Å². The third-order valence-corrected chi connectivity index (χ3v) is 6.17. The van der Waals surface area contributed by atoms with E-state index in [0.29, 0.717) is 15.1 Å². The van der Waals surface area contributed by atoms with Crippen molar-refractivity contribution in [1.29, 1.82) is 0 Å². The number of non-ortho nitro benzene ring substituents is 1. The van der Waals surface area contributed by atoms with Crippen LogP contribution in [0.3, 0.4) is 0 Å². The largest absolute Gasteiger partial charge is 0.368 e. The van der Waals surface area contributed by atoms with Gasteiger partial charge in [-0.2, -0.15) is 4.99 Å². The van der Waals surface area contributed by atoms with E-state index in [4.69, 9.17) is 11.6 Å². The first-order valence-corrected chi connectivity index (χ1v) is 10.2. The van der Waals surface area contributed by atoms with Crippen molar-refractivity contribution in [2.45, 2.75) is 0 Å². The van der Waals surface area contributed by atoms with Gasteiger partial charge in [-0.25, -0.2) is 0 Å². The minimum atomic E-state index is -0.401.